The molecule has 1 aliphatic rings. The molecule has 1 fully saturated rings. The van der Waals surface area contributed by atoms with E-state index in [0.717, 1.165) is 37.1 Å². The molecule has 0 bridgehead atoms. The highest BCUT2D eigenvalue weighted by Gasteiger charge is 2.20. The number of nitrogens with zero attached hydrogens (tertiary/aromatic N) is 8. The van der Waals surface area contributed by atoms with Crippen molar-refractivity contribution >= 4 is 16.9 Å². The van der Waals surface area contributed by atoms with Crippen LogP contribution in [0.3, 0.4) is 0 Å². The summed E-state index contributed by atoms with van der Waals surface area (Å²) >= 11 is 0. The Hall–Kier alpha value is -3.26. The third-order valence-electron chi connectivity index (χ3n) is 4.91. The molecule has 1 saturated heterocycles. The molecular formula is C19H20N8. The minimum atomic E-state index is 0.525. The molecule has 0 unspecified atom stereocenters. The van der Waals surface area contributed by atoms with Gasteiger partial charge in [0.1, 0.15) is 0 Å². The van der Waals surface area contributed by atoms with Gasteiger partial charge in [0.05, 0.1) is 5.52 Å². The summed E-state index contributed by atoms with van der Waals surface area (Å²) in [5.41, 5.74) is 1.07. The van der Waals surface area contributed by atoms with E-state index in [-0.39, 0.29) is 0 Å². The van der Waals surface area contributed by atoms with Gasteiger partial charge in [0.15, 0.2) is 0 Å². The molecule has 8 nitrogen and oxygen atoms in total. The van der Waals surface area contributed by atoms with E-state index >= 15 is 0 Å². The van der Waals surface area contributed by atoms with Crippen LogP contribution in [0.25, 0.3) is 22.8 Å². The largest absolute Gasteiger partial charge is 0.338 e. The van der Waals surface area contributed by atoms with Crippen LogP contribution in [-0.2, 0) is 0 Å². The van der Waals surface area contributed by atoms with E-state index in [1.807, 2.05) is 35.2 Å². The Kier molecular flexibility index (Phi) is 3.83. The summed E-state index contributed by atoms with van der Waals surface area (Å²) in [6.45, 7) is 3.77. The number of anilines is 1. The third kappa shape index (κ3) is 2.93. The summed E-state index contributed by atoms with van der Waals surface area (Å²) in [5.74, 6) is 1.82. The second-order valence-corrected chi connectivity index (χ2v) is 6.72. The molecule has 0 N–H and O–H groups in total. The van der Waals surface area contributed by atoms with Crippen molar-refractivity contribution in [2.75, 3.05) is 38.1 Å². The fourth-order valence-corrected chi connectivity index (χ4v) is 3.35. The predicted octanol–water partition coefficient (Wildman–Crippen LogP) is 1.75. The lowest BCUT2D eigenvalue weighted by atomic mass is 10.2. The van der Waals surface area contributed by atoms with Crippen LogP contribution in [-0.4, -0.2) is 67.4 Å². The molecule has 1 aromatic carbocycles. The second-order valence-electron chi connectivity index (χ2n) is 6.72. The van der Waals surface area contributed by atoms with Crippen molar-refractivity contribution in [3.05, 3.63) is 55.0 Å². The van der Waals surface area contributed by atoms with Gasteiger partial charge in [-0.2, -0.15) is 20.1 Å². The van der Waals surface area contributed by atoms with Crippen LogP contribution in [0.1, 0.15) is 0 Å². The van der Waals surface area contributed by atoms with Crippen molar-refractivity contribution in [2.45, 2.75) is 0 Å². The lowest BCUT2D eigenvalue weighted by Crippen LogP contribution is -2.45. The zero-order valence-electron chi connectivity index (χ0n) is 15.1. The predicted molar refractivity (Wildman–Crippen MR) is 103 cm³/mol. The van der Waals surface area contributed by atoms with Gasteiger partial charge in [-0.15, -0.1) is 0 Å². The minimum absolute atomic E-state index is 0.525. The van der Waals surface area contributed by atoms with E-state index in [0.29, 0.717) is 17.8 Å². The van der Waals surface area contributed by atoms with Crippen molar-refractivity contribution in [1.29, 1.82) is 0 Å². The van der Waals surface area contributed by atoms with Crippen LogP contribution in [0.2, 0.25) is 0 Å². The molecule has 0 radical (unpaired) electrons. The number of hydrogen-bond donors (Lipinski definition) is 0. The van der Waals surface area contributed by atoms with Gasteiger partial charge in [-0.25, -0.2) is 4.68 Å². The molecule has 0 aliphatic carbocycles. The molecule has 8 heteroatoms. The van der Waals surface area contributed by atoms with Gasteiger partial charge in [0.25, 0.3) is 5.95 Å². The normalized spacial score (nSPS) is 15.5. The quantitative estimate of drug-likeness (QED) is 0.555. The van der Waals surface area contributed by atoms with Crippen molar-refractivity contribution in [3.8, 4) is 11.9 Å². The number of piperazine rings is 1. The molecule has 0 amide bonds. The van der Waals surface area contributed by atoms with Gasteiger partial charge in [-0.05, 0) is 25.2 Å². The number of benzene rings is 1. The van der Waals surface area contributed by atoms with Gasteiger partial charge < -0.3 is 9.80 Å². The first-order valence-corrected chi connectivity index (χ1v) is 9.04. The van der Waals surface area contributed by atoms with E-state index in [2.05, 4.69) is 50.1 Å². The molecule has 0 spiro atoms. The fourth-order valence-electron chi connectivity index (χ4n) is 3.35. The Morgan fingerprint density at radius 3 is 2.37 bits per heavy atom. The van der Waals surface area contributed by atoms with E-state index in [4.69, 9.17) is 4.98 Å². The Morgan fingerprint density at radius 2 is 1.56 bits per heavy atom. The van der Waals surface area contributed by atoms with Gasteiger partial charge in [-0.1, -0.05) is 18.2 Å². The first kappa shape index (κ1) is 16.0. The molecule has 0 atom stereocenters. The zero-order chi connectivity index (χ0) is 18.2. The summed E-state index contributed by atoms with van der Waals surface area (Å²) < 4.78 is 3.68. The summed E-state index contributed by atoms with van der Waals surface area (Å²) in [7, 11) is 2.14. The molecule has 4 aromatic rings. The number of likely N-dealkylation sites (N-methyl/N-ethyl adjacent to an activating group) is 1. The maximum absolute atomic E-state index is 4.79. The van der Waals surface area contributed by atoms with Gasteiger partial charge in [0.2, 0.25) is 11.9 Å². The fraction of sp³-hybridized carbons (Fsp3) is 0.263. The highest BCUT2D eigenvalue weighted by molar-refractivity contribution is 5.81. The number of rotatable bonds is 3. The van der Waals surface area contributed by atoms with E-state index in [1.54, 1.807) is 10.9 Å². The molecular weight excluding hydrogens is 340 g/mol. The molecule has 3 aromatic heterocycles. The minimum Gasteiger partial charge on any atom is -0.338 e. The summed E-state index contributed by atoms with van der Waals surface area (Å²) in [6.07, 6.45) is 5.57. The van der Waals surface area contributed by atoms with Gasteiger partial charge in [-0.3, -0.25) is 4.57 Å². The monoisotopic (exact) mass is 360 g/mol. The molecule has 1 aliphatic heterocycles. The second kappa shape index (κ2) is 6.48. The lowest BCUT2D eigenvalue weighted by molar-refractivity contribution is 0.311. The van der Waals surface area contributed by atoms with Crippen molar-refractivity contribution in [2.24, 2.45) is 0 Å². The van der Waals surface area contributed by atoms with Crippen LogP contribution in [0, 0.1) is 0 Å². The van der Waals surface area contributed by atoms with Crippen LogP contribution >= 0.6 is 0 Å². The molecule has 0 saturated carbocycles. The maximum Gasteiger partial charge on any atom is 0.257 e. The highest BCUT2D eigenvalue weighted by Crippen LogP contribution is 2.20. The smallest absolute Gasteiger partial charge is 0.257 e. The average Bonchev–Trinajstić information content (AvgIpc) is 3.38. The lowest BCUT2D eigenvalue weighted by Gasteiger charge is -2.32. The maximum atomic E-state index is 4.79. The number of fused-ring (bicyclic) bond motifs is 1. The van der Waals surface area contributed by atoms with Gasteiger partial charge >= 0.3 is 0 Å². The number of para-hydroxylation sites is 1. The summed E-state index contributed by atoms with van der Waals surface area (Å²) in [6, 6.07) is 12.2. The zero-order valence-corrected chi connectivity index (χ0v) is 15.1. The van der Waals surface area contributed by atoms with Crippen LogP contribution in [0.15, 0.2) is 55.0 Å². The number of hydrogen-bond acceptors (Lipinski definition) is 6. The van der Waals surface area contributed by atoms with Crippen molar-refractivity contribution in [3.63, 3.8) is 0 Å². The average molecular weight is 360 g/mol. The van der Waals surface area contributed by atoms with Crippen molar-refractivity contribution in [1.82, 2.24) is 34.2 Å². The first-order chi connectivity index (χ1) is 13.3. The van der Waals surface area contributed by atoms with Crippen LogP contribution < -0.4 is 4.90 Å². The topological polar surface area (TPSA) is 67.9 Å². The van der Waals surface area contributed by atoms with Crippen LogP contribution in [0.4, 0.5) is 5.95 Å². The van der Waals surface area contributed by atoms with E-state index in [9.17, 15) is 0 Å². The van der Waals surface area contributed by atoms with Gasteiger partial charge in [0, 0.05) is 50.2 Å². The van der Waals surface area contributed by atoms with Crippen molar-refractivity contribution < 1.29 is 0 Å². The molecule has 27 heavy (non-hydrogen) atoms. The van der Waals surface area contributed by atoms with Crippen LogP contribution in [0.5, 0.6) is 0 Å². The first-order valence-electron chi connectivity index (χ1n) is 9.04. The summed E-state index contributed by atoms with van der Waals surface area (Å²) in [5, 5.41) is 5.45. The summed E-state index contributed by atoms with van der Waals surface area (Å²) in [4.78, 5) is 18.7. The molecule has 136 valence electrons. The van der Waals surface area contributed by atoms with E-state index in [1.165, 1.54) is 0 Å². The molecule has 5 rings (SSSR count). The Labute approximate surface area is 156 Å². The van der Waals surface area contributed by atoms with E-state index < -0.39 is 0 Å². The highest BCUT2D eigenvalue weighted by atomic mass is 15.4. The Balaban J connectivity index is 1.64. The Bertz CT molecular complexity index is 1060. The Morgan fingerprint density at radius 1 is 0.778 bits per heavy atom. The standard InChI is InChI=1S/C19H20N8/c1-24-11-13-25(14-12-24)17-21-18(23-19(22-17)27-9-4-8-20-27)26-10-7-15-5-2-3-6-16(15)26/h2-10H,11-14H2,1H3. The number of aromatic nitrogens is 6. The molecule has 4 heterocycles. The third-order valence-corrected chi connectivity index (χ3v) is 4.91. The SMILES string of the molecule is CN1CCN(c2nc(-n3cccn3)nc(-n3ccc4ccccc43)n2)CC1.